The molecule has 0 spiro atoms. The van der Waals surface area contributed by atoms with Crippen LogP contribution in [0.25, 0.3) is 0 Å². The van der Waals surface area contributed by atoms with Crippen molar-refractivity contribution in [3.05, 3.63) is 40.4 Å². The first-order chi connectivity index (χ1) is 9.65. The lowest BCUT2D eigenvalue weighted by Gasteiger charge is -2.35. The van der Waals surface area contributed by atoms with Gasteiger partial charge in [-0.25, -0.2) is 0 Å². The van der Waals surface area contributed by atoms with Gasteiger partial charge in [-0.15, -0.1) is 31.4 Å². The highest BCUT2D eigenvalue weighted by atomic mass is 35.5. The van der Waals surface area contributed by atoms with Gasteiger partial charge in [0, 0.05) is 37.8 Å². The van der Waals surface area contributed by atoms with E-state index in [1.165, 1.54) is 0 Å². The molecule has 0 aromatic heterocycles. The van der Waals surface area contributed by atoms with Crippen LogP contribution in [0.15, 0.2) is 24.8 Å². The standard InChI is InChI=1S/C15H20Cl2N2O.2ClH/c1-2-3-4-13(19-9-7-18-8-10-19)11-5-6-12(16)14(17)15(11)20;;/h2,5-6,13,18,20H,1,3-4,7-10H2;2*1H/t13-;;/m1../s1. The van der Waals surface area contributed by atoms with Gasteiger partial charge in [0.15, 0.2) is 0 Å². The molecule has 1 aromatic carbocycles. The van der Waals surface area contributed by atoms with Crippen LogP contribution in [-0.4, -0.2) is 36.2 Å². The molecule has 7 heteroatoms. The van der Waals surface area contributed by atoms with Crippen LogP contribution in [0.4, 0.5) is 0 Å². The molecular formula is C15H22Cl4N2O. The highest BCUT2D eigenvalue weighted by molar-refractivity contribution is 6.43. The fourth-order valence-corrected chi connectivity index (χ4v) is 2.95. The summed E-state index contributed by atoms with van der Waals surface area (Å²) in [5.74, 6) is 0.103. The molecule has 0 radical (unpaired) electrons. The molecule has 126 valence electrons. The quantitative estimate of drug-likeness (QED) is 0.732. The molecule has 22 heavy (non-hydrogen) atoms. The minimum absolute atomic E-state index is 0. The fourth-order valence-electron chi connectivity index (χ4n) is 2.63. The van der Waals surface area contributed by atoms with E-state index < -0.39 is 0 Å². The molecule has 3 nitrogen and oxygen atoms in total. The average molecular weight is 388 g/mol. The second kappa shape index (κ2) is 10.6. The van der Waals surface area contributed by atoms with Gasteiger partial charge in [-0.05, 0) is 18.9 Å². The van der Waals surface area contributed by atoms with E-state index in [9.17, 15) is 5.11 Å². The second-order valence-corrected chi connectivity index (χ2v) is 5.75. The lowest BCUT2D eigenvalue weighted by Crippen LogP contribution is -2.45. The molecular weight excluding hydrogens is 366 g/mol. The highest BCUT2D eigenvalue weighted by Crippen LogP contribution is 2.40. The van der Waals surface area contributed by atoms with Crippen LogP contribution in [0.1, 0.15) is 24.4 Å². The molecule has 0 saturated carbocycles. The third-order valence-electron chi connectivity index (χ3n) is 3.70. The highest BCUT2D eigenvalue weighted by Gasteiger charge is 2.25. The lowest BCUT2D eigenvalue weighted by atomic mass is 9.98. The van der Waals surface area contributed by atoms with Crippen LogP contribution >= 0.6 is 48.0 Å². The van der Waals surface area contributed by atoms with E-state index in [1.54, 1.807) is 6.07 Å². The third kappa shape index (κ3) is 5.19. The number of nitrogens with zero attached hydrogens (tertiary/aromatic N) is 1. The molecule has 0 amide bonds. The second-order valence-electron chi connectivity index (χ2n) is 4.97. The summed E-state index contributed by atoms with van der Waals surface area (Å²) in [6.45, 7) is 7.63. The number of benzene rings is 1. The molecule has 1 atom stereocenters. The van der Waals surface area contributed by atoms with Crippen molar-refractivity contribution in [2.45, 2.75) is 18.9 Å². The van der Waals surface area contributed by atoms with Crippen LogP contribution in [0.3, 0.4) is 0 Å². The van der Waals surface area contributed by atoms with Crippen molar-refractivity contribution >= 4 is 48.0 Å². The summed E-state index contributed by atoms with van der Waals surface area (Å²) < 4.78 is 0. The van der Waals surface area contributed by atoms with Crippen molar-refractivity contribution in [3.63, 3.8) is 0 Å². The number of hydrogen-bond donors (Lipinski definition) is 2. The van der Waals surface area contributed by atoms with Crippen molar-refractivity contribution in [2.75, 3.05) is 26.2 Å². The van der Waals surface area contributed by atoms with Crippen LogP contribution in [-0.2, 0) is 0 Å². The number of aromatic hydroxyl groups is 1. The maximum Gasteiger partial charge on any atom is 0.140 e. The topological polar surface area (TPSA) is 35.5 Å². The number of nitrogens with one attached hydrogen (secondary N) is 1. The number of phenolic OH excluding ortho intramolecular Hbond substituents is 1. The summed E-state index contributed by atoms with van der Waals surface area (Å²) >= 11 is 12.0. The molecule has 1 aromatic rings. The average Bonchev–Trinajstić information content (AvgIpc) is 2.48. The van der Waals surface area contributed by atoms with E-state index in [0.717, 1.165) is 44.6 Å². The Balaban J connectivity index is 0.00000220. The fraction of sp³-hybridized carbons (Fsp3) is 0.467. The Morgan fingerprint density at radius 3 is 2.50 bits per heavy atom. The van der Waals surface area contributed by atoms with Gasteiger partial charge in [-0.3, -0.25) is 4.90 Å². The van der Waals surface area contributed by atoms with Crippen molar-refractivity contribution < 1.29 is 5.11 Å². The lowest BCUT2D eigenvalue weighted by molar-refractivity contribution is 0.163. The predicted molar refractivity (Wildman–Crippen MR) is 99.2 cm³/mol. The van der Waals surface area contributed by atoms with Gasteiger partial charge >= 0.3 is 0 Å². The summed E-state index contributed by atoms with van der Waals surface area (Å²) in [7, 11) is 0. The first kappa shape index (κ1) is 21.8. The van der Waals surface area contributed by atoms with E-state index >= 15 is 0 Å². The Labute approximate surface area is 154 Å². The monoisotopic (exact) mass is 386 g/mol. The van der Waals surface area contributed by atoms with E-state index in [0.29, 0.717) is 5.02 Å². The number of hydrogen-bond acceptors (Lipinski definition) is 3. The molecule has 1 aliphatic heterocycles. The smallest absolute Gasteiger partial charge is 0.140 e. The molecule has 1 fully saturated rings. The normalized spacial score (nSPS) is 16.3. The zero-order valence-corrected chi connectivity index (χ0v) is 15.4. The first-order valence-corrected chi connectivity index (χ1v) is 7.63. The maximum absolute atomic E-state index is 10.3. The van der Waals surface area contributed by atoms with Crippen molar-refractivity contribution in [1.29, 1.82) is 0 Å². The SMILES string of the molecule is C=CCC[C@H](c1ccc(Cl)c(Cl)c1O)N1CCNCC1.Cl.Cl. The van der Waals surface area contributed by atoms with E-state index in [2.05, 4.69) is 16.8 Å². The Morgan fingerprint density at radius 2 is 1.91 bits per heavy atom. The minimum Gasteiger partial charge on any atom is -0.506 e. The number of phenols is 1. The zero-order chi connectivity index (χ0) is 14.5. The molecule has 1 saturated heterocycles. The number of rotatable bonds is 5. The number of halogens is 4. The summed E-state index contributed by atoms with van der Waals surface area (Å²) in [5.41, 5.74) is 0.850. The zero-order valence-electron chi connectivity index (χ0n) is 12.2. The van der Waals surface area contributed by atoms with Crippen LogP contribution < -0.4 is 5.32 Å². The molecule has 1 heterocycles. The summed E-state index contributed by atoms with van der Waals surface area (Å²) in [4.78, 5) is 2.37. The number of allylic oxidation sites excluding steroid dienone is 1. The predicted octanol–water partition coefficient (Wildman–Crippen LogP) is 4.46. The maximum atomic E-state index is 10.3. The van der Waals surface area contributed by atoms with Crippen LogP contribution in [0, 0.1) is 0 Å². The molecule has 0 unspecified atom stereocenters. The first-order valence-electron chi connectivity index (χ1n) is 6.87. The van der Waals surface area contributed by atoms with Gasteiger partial charge in [0.2, 0.25) is 0 Å². The molecule has 2 N–H and O–H groups in total. The van der Waals surface area contributed by atoms with Crippen LogP contribution in [0.2, 0.25) is 10.0 Å². The van der Waals surface area contributed by atoms with E-state index in [4.69, 9.17) is 23.2 Å². The molecule has 0 aliphatic carbocycles. The van der Waals surface area contributed by atoms with Gasteiger partial charge in [0.1, 0.15) is 10.8 Å². The molecule has 0 bridgehead atoms. The summed E-state index contributed by atoms with van der Waals surface area (Å²) in [6, 6.07) is 3.77. The Kier molecular flexibility index (Phi) is 10.5. The van der Waals surface area contributed by atoms with Crippen molar-refractivity contribution in [2.24, 2.45) is 0 Å². The van der Waals surface area contributed by atoms with Gasteiger partial charge in [0.05, 0.1) is 5.02 Å². The Hall–Kier alpha value is -0.160. The summed E-state index contributed by atoms with van der Waals surface area (Å²) in [6.07, 6.45) is 3.72. The largest absolute Gasteiger partial charge is 0.506 e. The van der Waals surface area contributed by atoms with Gasteiger partial charge in [-0.2, -0.15) is 0 Å². The number of piperazine rings is 1. The molecule has 1 aliphatic rings. The van der Waals surface area contributed by atoms with Gasteiger partial charge in [-0.1, -0.05) is 35.3 Å². The van der Waals surface area contributed by atoms with E-state index in [-0.39, 0.29) is 41.6 Å². The van der Waals surface area contributed by atoms with E-state index in [1.807, 2.05) is 12.1 Å². The molecule has 2 rings (SSSR count). The minimum atomic E-state index is 0. The Bertz CT molecular complexity index is 479. The third-order valence-corrected chi connectivity index (χ3v) is 4.49. The van der Waals surface area contributed by atoms with Crippen molar-refractivity contribution in [1.82, 2.24) is 10.2 Å². The Morgan fingerprint density at radius 1 is 1.27 bits per heavy atom. The van der Waals surface area contributed by atoms with Gasteiger partial charge in [0.25, 0.3) is 0 Å². The summed E-state index contributed by atoms with van der Waals surface area (Å²) in [5, 5.41) is 14.3. The van der Waals surface area contributed by atoms with Crippen molar-refractivity contribution in [3.8, 4) is 5.75 Å². The van der Waals surface area contributed by atoms with Gasteiger partial charge < -0.3 is 10.4 Å². The van der Waals surface area contributed by atoms with Crippen LogP contribution in [0.5, 0.6) is 5.75 Å².